The summed E-state index contributed by atoms with van der Waals surface area (Å²) in [4.78, 5) is 9.82. The molecule has 10 heavy (non-hydrogen) atoms. The molecule has 0 aliphatic rings. The highest BCUT2D eigenvalue weighted by molar-refractivity contribution is 5.65. The zero-order chi connectivity index (χ0) is 8.41. The molecule has 0 aromatic heterocycles. The second-order valence-corrected chi connectivity index (χ2v) is 1.92. The molecule has 0 aliphatic heterocycles. The molecule has 0 aromatic rings. The van der Waals surface area contributed by atoms with Crippen molar-refractivity contribution >= 4 is 5.97 Å². The lowest BCUT2D eigenvalue weighted by molar-refractivity contribution is -0.140. The number of unbranched alkanes of at least 4 members (excludes halogenated alkanes) is 1. The number of carbonyl (C=O) groups excluding carboxylic acids is 1. The van der Waals surface area contributed by atoms with Gasteiger partial charge in [-0.25, -0.2) is 0 Å². The quantitative estimate of drug-likeness (QED) is 0.559. The lowest BCUT2D eigenvalue weighted by Crippen LogP contribution is -1.95. The highest BCUT2D eigenvalue weighted by atomic mass is 16.5. The molecule has 62 valence electrons. The van der Waals surface area contributed by atoms with Gasteiger partial charge in [-0.3, -0.25) is 4.79 Å². The van der Waals surface area contributed by atoms with Gasteiger partial charge < -0.3 is 4.74 Å². The molecule has 0 rings (SSSR count). The van der Waals surface area contributed by atoms with Gasteiger partial charge in [-0.2, -0.15) is 0 Å². The van der Waals surface area contributed by atoms with Crippen molar-refractivity contribution in [1.82, 2.24) is 0 Å². The third-order valence-electron chi connectivity index (χ3n) is 0.848. The van der Waals surface area contributed by atoms with Crippen LogP contribution in [-0.2, 0) is 9.53 Å². The van der Waals surface area contributed by atoms with Gasteiger partial charge in [0.15, 0.2) is 0 Å². The van der Waals surface area contributed by atoms with Gasteiger partial charge in [-0.05, 0) is 6.92 Å². The maximum Gasteiger partial charge on any atom is 0.302 e. The fourth-order valence-corrected chi connectivity index (χ4v) is 0.203. The van der Waals surface area contributed by atoms with E-state index in [9.17, 15) is 4.79 Å². The third-order valence-corrected chi connectivity index (χ3v) is 0.848. The largest absolute Gasteiger partial charge is 0.466 e. The zero-order valence-corrected chi connectivity index (χ0v) is 7.44. The van der Waals surface area contributed by atoms with E-state index in [-0.39, 0.29) is 5.97 Å². The van der Waals surface area contributed by atoms with Crippen LogP contribution in [0.15, 0.2) is 0 Å². The highest BCUT2D eigenvalue weighted by Crippen LogP contribution is 1.76. The molecule has 0 spiro atoms. The van der Waals surface area contributed by atoms with E-state index in [1.807, 2.05) is 0 Å². The summed E-state index contributed by atoms with van der Waals surface area (Å²) in [6.07, 6.45) is 2.64. The number of rotatable bonds is 2. The Balaban J connectivity index is 0. The summed E-state index contributed by atoms with van der Waals surface area (Å²) in [5, 5.41) is 0. The van der Waals surface area contributed by atoms with Crippen molar-refractivity contribution in [3.63, 3.8) is 0 Å². The van der Waals surface area contributed by atoms with E-state index in [0.29, 0.717) is 6.61 Å². The van der Waals surface area contributed by atoms with Gasteiger partial charge in [0.1, 0.15) is 0 Å². The average molecular weight is 146 g/mol. The zero-order valence-electron chi connectivity index (χ0n) is 7.44. The SMILES string of the molecule is CCCC.CCOC(C)=O. The Morgan fingerprint density at radius 1 is 1.20 bits per heavy atom. The molecule has 0 aromatic carbocycles. The molecule has 0 bridgehead atoms. The Morgan fingerprint density at radius 2 is 1.60 bits per heavy atom. The molecule has 0 heterocycles. The smallest absolute Gasteiger partial charge is 0.302 e. The van der Waals surface area contributed by atoms with E-state index in [4.69, 9.17) is 0 Å². The van der Waals surface area contributed by atoms with Crippen molar-refractivity contribution in [3.05, 3.63) is 0 Å². The molecule has 0 saturated carbocycles. The average Bonchev–Trinajstić information content (AvgIpc) is 1.89. The van der Waals surface area contributed by atoms with E-state index in [1.54, 1.807) is 6.92 Å². The summed E-state index contributed by atoms with van der Waals surface area (Å²) >= 11 is 0. The molecule has 0 aliphatic carbocycles. The van der Waals surface area contributed by atoms with Crippen LogP contribution in [0.25, 0.3) is 0 Å². The van der Waals surface area contributed by atoms with Gasteiger partial charge in [0.2, 0.25) is 0 Å². The summed E-state index contributed by atoms with van der Waals surface area (Å²) in [5.74, 6) is -0.211. The fourth-order valence-electron chi connectivity index (χ4n) is 0.203. The fraction of sp³-hybridized carbons (Fsp3) is 0.875. The number of esters is 1. The van der Waals surface area contributed by atoms with Gasteiger partial charge in [0.05, 0.1) is 6.61 Å². The molecule has 0 atom stereocenters. The van der Waals surface area contributed by atoms with E-state index < -0.39 is 0 Å². The van der Waals surface area contributed by atoms with Crippen LogP contribution in [0, 0.1) is 0 Å². The van der Waals surface area contributed by atoms with Crippen molar-refractivity contribution in [1.29, 1.82) is 0 Å². The maximum absolute atomic E-state index is 9.82. The Labute approximate surface area is 63.6 Å². The van der Waals surface area contributed by atoms with Crippen LogP contribution in [0.2, 0.25) is 0 Å². The molecule has 0 saturated heterocycles. The van der Waals surface area contributed by atoms with Crippen molar-refractivity contribution < 1.29 is 9.53 Å². The van der Waals surface area contributed by atoms with E-state index >= 15 is 0 Å². The van der Waals surface area contributed by atoms with Crippen molar-refractivity contribution in [3.8, 4) is 0 Å². The van der Waals surface area contributed by atoms with E-state index in [1.165, 1.54) is 19.8 Å². The summed E-state index contributed by atoms with van der Waals surface area (Å²) in [6.45, 7) is 8.01. The molecule has 2 heteroatoms. The molecule has 2 nitrogen and oxygen atoms in total. The van der Waals surface area contributed by atoms with Crippen LogP contribution in [0.5, 0.6) is 0 Å². The Bertz CT molecular complexity index is 67.7. The standard InChI is InChI=1S/C4H8O2.C4H10/c1-3-6-4(2)5;1-3-4-2/h3H2,1-2H3;3-4H2,1-2H3. The minimum atomic E-state index is -0.211. The van der Waals surface area contributed by atoms with Gasteiger partial charge in [-0.15, -0.1) is 0 Å². The monoisotopic (exact) mass is 146 g/mol. The normalized spacial score (nSPS) is 7.60. The number of ether oxygens (including phenoxy) is 1. The lowest BCUT2D eigenvalue weighted by Gasteiger charge is -1.89. The summed E-state index contributed by atoms with van der Waals surface area (Å²) in [6, 6.07) is 0. The van der Waals surface area contributed by atoms with Crippen LogP contribution < -0.4 is 0 Å². The molecular weight excluding hydrogens is 128 g/mol. The first-order valence-corrected chi connectivity index (χ1v) is 3.82. The summed E-state index contributed by atoms with van der Waals surface area (Å²) in [5.41, 5.74) is 0. The lowest BCUT2D eigenvalue weighted by atomic mass is 10.4. The molecule has 0 amide bonds. The van der Waals surface area contributed by atoms with Crippen LogP contribution in [-0.4, -0.2) is 12.6 Å². The number of carbonyl (C=O) groups is 1. The molecule has 0 fully saturated rings. The third kappa shape index (κ3) is 26.0. The Hall–Kier alpha value is -0.530. The first-order chi connectivity index (χ1) is 4.68. The molecule has 0 unspecified atom stereocenters. The predicted molar refractivity (Wildman–Crippen MR) is 42.9 cm³/mol. The highest BCUT2D eigenvalue weighted by Gasteiger charge is 1.81. The second kappa shape index (κ2) is 11.3. The molecular formula is C8H18O2. The van der Waals surface area contributed by atoms with Crippen molar-refractivity contribution in [2.45, 2.75) is 40.5 Å². The van der Waals surface area contributed by atoms with Gasteiger partial charge >= 0.3 is 5.97 Å². The first kappa shape index (κ1) is 12.2. The minimum Gasteiger partial charge on any atom is -0.466 e. The van der Waals surface area contributed by atoms with Crippen LogP contribution in [0.3, 0.4) is 0 Å². The first-order valence-electron chi connectivity index (χ1n) is 3.82. The Kier molecular flexibility index (Phi) is 13.7. The minimum absolute atomic E-state index is 0.211. The van der Waals surface area contributed by atoms with Crippen LogP contribution in [0.1, 0.15) is 40.5 Å². The number of hydrogen-bond acceptors (Lipinski definition) is 2. The summed E-state index contributed by atoms with van der Waals surface area (Å²) in [7, 11) is 0. The topological polar surface area (TPSA) is 26.3 Å². The van der Waals surface area contributed by atoms with Crippen LogP contribution >= 0.6 is 0 Å². The number of hydrogen-bond donors (Lipinski definition) is 0. The molecule has 0 N–H and O–H groups in total. The summed E-state index contributed by atoms with van der Waals surface area (Å²) < 4.78 is 4.40. The second-order valence-electron chi connectivity index (χ2n) is 1.92. The van der Waals surface area contributed by atoms with Gasteiger partial charge in [0, 0.05) is 6.92 Å². The molecule has 0 radical (unpaired) electrons. The maximum atomic E-state index is 9.82. The van der Waals surface area contributed by atoms with Gasteiger partial charge in [0.25, 0.3) is 0 Å². The van der Waals surface area contributed by atoms with E-state index in [2.05, 4.69) is 18.6 Å². The van der Waals surface area contributed by atoms with E-state index in [0.717, 1.165) is 0 Å². The Morgan fingerprint density at radius 3 is 1.60 bits per heavy atom. The van der Waals surface area contributed by atoms with Crippen molar-refractivity contribution in [2.75, 3.05) is 6.61 Å². The predicted octanol–water partition coefficient (Wildman–Crippen LogP) is 2.38. The van der Waals surface area contributed by atoms with Crippen LogP contribution in [0.4, 0.5) is 0 Å². The van der Waals surface area contributed by atoms with Gasteiger partial charge in [-0.1, -0.05) is 26.7 Å². The van der Waals surface area contributed by atoms with Crippen molar-refractivity contribution in [2.24, 2.45) is 0 Å².